The van der Waals surface area contributed by atoms with Gasteiger partial charge < -0.3 is 11.1 Å². The minimum atomic E-state index is 0.688. The van der Waals surface area contributed by atoms with Gasteiger partial charge in [-0.25, -0.2) is 4.68 Å². The average molecular weight is 286 g/mol. The second-order valence-corrected chi connectivity index (χ2v) is 7.08. The molecule has 0 aliphatic carbocycles. The van der Waals surface area contributed by atoms with E-state index in [9.17, 15) is 0 Å². The first kappa shape index (κ1) is 13.9. The Balaban J connectivity index is 1.98. The summed E-state index contributed by atoms with van der Waals surface area (Å²) in [4.78, 5) is 0. The van der Waals surface area contributed by atoms with Crippen molar-refractivity contribution < 1.29 is 0 Å². The van der Waals surface area contributed by atoms with Crippen molar-refractivity contribution in [3.8, 4) is 0 Å². The number of nitrogens with one attached hydrogen (secondary N) is 1. The Hall–Kier alpha value is -0.490. The van der Waals surface area contributed by atoms with Gasteiger partial charge in [0.05, 0.1) is 11.4 Å². The fourth-order valence-electron chi connectivity index (χ4n) is 2.02. The predicted octanol–water partition coefficient (Wildman–Crippen LogP) is 2.44. The Morgan fingerprint density at radius 3 is 3.00 bits per heavy atom. The standard InChI is InChI=1S/C12H22N4S2/c1-3-4-16-12(11(13)9(2)15-16)14-7-10-8-17-5-6-18-10/h10,14H,3-8,13H2,1-2H3. The fraction of sp³-hybridized carbons (Fsp3) is 0.750. The summed E-state index contributed by atoms with van der Waals surface area (Å²) in [5.41, 5.74) is 7.82. The summed E-state index contributed by atoms with van der Waals surface area (Å²) in [7, 11) is 0. The third-order valence-corrected chi connectivity index (χ3v) is 5.84. The van der Waals surface area contributed by atoms with Crippen molar-refractivity contribution in [2.24, 2.45) is 0 Å². The molecule has 1 aromatic heterocycles. The molecule has 102 valence electrons. The van der Waals surface area contributed by atoms with E-state index in [1.54, 1.807) is 0 Å². The molecule has 0 radical (unpaired) electrons. The number of rotatable bonds is 5. The van der Waals surface area contributed by atoms with Gasteiger partial charge in [0.1, 0.15) is 5.82 Å². The second kappa shape index (κ2) is 6.61. The van der Waals surface area contributed by atoms with Gasteiger partial charge in [-0.3, -0.25) is 0 Å². The molecule has 0 amide bonds. The first-order valence-corrected chi connectivity index (χ1v) is 8.68. The summed E-state index contributed by atoms with van der Waals surface area (Å²) < 4.78 is 2.01. The van der Waals surface area contributed by atoms with Gasteiger partial charge in [-0.2, -0.15) is 28.6 Å². The van der Waals surface area contributed by atoms with Crippen molar-refractivity contribution in [3.63, 3.8) is 0 Å². The number of aryl methyl sites for hydroxylation is 2. The number of nitrogens with zero attached hydrogens (tertiary/aromatic N) is 2. The quantitative estimate of drug-likeness (QED) is 0.871. The highest BCUT2D eigenvalue weighted by Gasteiger charge is 2.17. The van der Waals surface area contributed by atoms with E-state index < -0.39 is 0 Å². The molecule has 0 spiro atoms. The number of hydrogen-bond donors (Lipinski definition) is 2. The fourth-order valence-corrected chi connectivity index (χ4v) is 4.63. The van der Waals surface area contributed by atoms with Gasteiger partial charge in [0.15, 0.2) is 0 Å². The number of aromatic nitrogens is 2. The molecule has 1 fully saturated rings. The van der Waals surface area contributed by atoms with Crippen LogP contribution in [0.3, 0.4) is 0 Å². The van der Waals surface area contributed by atoms with E-state index in [1.165, 1.54) is 17.3 Å². The Morgan fingerprint density at radius 2 is 2.33 bits per heavy atom. The van der Waals surface area contributed by atoms with E-state index in [2.05, 4.69) is 29.1 Å². The summed E-state index contributed by atoms with van der Waals surface area (Å²) >= 11 is 4.11. The molecule has 0 bridgehead atoms. The molecule has 0 aromatic carbocycles. The molecule has 1 atom stereocenters. The molecule has 1 saturated heterocycles. The highest BCUT2D eigenvalue weighted by Crippen LogP contribution is 2.26. The number of nitrogens with two attached hydrogens (primary N) is 1. The summed E-state index contributed by atoms with van der Waals surface area (Å²) in [6, 6.07) is 0. The lowest BCUT2D eigenvalue weighted by molar-refractivity contribution is 0.603. The van der Waals surface area contributed by atoms with Gasteiger partial charge in [-0.05, 0) is 13.3 Å². The van der Waals surface area contributed by atoms with Crippen molar-refractivity contribution in [1.29, 1.82) is 0 Å². The van der Waals surface area contributed by atoms with Crippen LogP contribution in [0.2, 0.25) is 0 Å². The SMILES string of the molecule is CCCn1nc(C)c(N)c1NCC1CSCCS1. The Labute approximate surface area is 117 Å². The van der Waals surface area contributed by atoms with Crippen LogP contribution in [0.15, 0.2) is 0 Å². The van der Waals surface area contributed by atoms with E-state index in [1.807, 2.05) is 23.4 Å². The second-order valence-electron chi connectivity index (χ2n) is 4.52. The van der Waals surface area contributed by atoms with Crippen molar-refractivity contribution in [2.45, 2.75) is 32.1 Å². The maximum atomic E-state index is 6.09. The van der Waals surface area contributed by atoms with Crippen molar-refractivity contribution >= 4 is 35.0 Å². The van der Waals surface area contributed by atoms with Crippen LogP contribution >= 0.6 is 23.5 Å². The molecule has 1 aliphatic heterocycles. The maximum absolute atomic E-state index is 6.09. The molecule has 4 nitrogen and oxygen atoms in total. The smallest absolute Gasteiger partial charge is 0.148 e. The third kappa shape index (κ3) is 3.29. The van der Waals surface area contributed by atoms with Crippen LogP contribution in [0.25, 0.3) is 0 Å². The molecule has 2 rings (SSSR count). The molecule has 6 heteroatoms. The van der Waals surface area contributed by atoms with E-state index in [4.69, 9.17) is 5.73 Å². The third-order valence-electron chi connectivity index (χ3n) is 2.99. The zero-order valence-corrected chi connectivity index (χ0v) is 12.7. The lowest BCUT2D eigenvalue weighted by Gasteiger charge is -2.22. The van der Waals surface area contributed by atoms with E-state index >= 15 is 0 Å². The monoisotopic (exact) mass is 286 g/mol. The van der Waals surface area contributed by atoms with Crippen LogP contribution in [-0.4, -0.2) is 38.8 Å². The normalized spacial score (nSPS) is 20.0. The van der Waals surface area contributed by atoms with Gasteiger partial charge in [-0.15, -0.1) is 0 Å². The molecule has 1 aliphatic rings. The molecule has 18 heavy (non-hydrogen) atoms. The van der Waals surface area contributed by atoms with E-state index in [0.29, 0.717) is 5.25 Å². The Bertz CT molecular complexity index is 386. The predicted molar refractivity (Wildman–Crippen MR) is 83.7 cm³/mol. The lowest BCUT2D eigenvalue weighted by atomic mass is 10.3. The summed E-state index contributed by atoms with van der Waals surface area (Å²) in [5, 5.41) is 8.67. The van der Waals surface area contributed by atoms with Crippen LogP contribution in [0.5, 0.6) is 0 Å². The maximum Gasteiger partial charge on any atom is 0.148 e. The first-order valence-electron chi connectivity index (χ1n) is 6.48. The van der Waals surface area contributed by atoms with Crippen LogP contribution in [0, 0.1) is 6.92 Å². The zero-order chi connectivity index (χ0) is 13.0. The van der Waals surface area contributed by atoms with Gasteiger partial charge >= 0.3 is 0 Å². The van der Waals surface area contributed by atoms with Gasteiger partial charge in [0.2, 0.25) is 0 Å². The lowest BCUT2D eigenvalue weighted by Crippen LogP contribution is -2.24. The topological polar surface area (TPSA) is 55.9 Å². The first-order chi connectivity index (χ1) is 8.72. The van der Waals surface area contributed by atoms with E-state index in [0.717, 1.165) is 36.7 Å². The average Bonchev–Trinajstić information content (AvgIpc) is 2.65. The van der Waals surface area contributed by atoms with Gasteiger partial charge in [0, 0.05) is 35.6 Å². The number of hydrogen-bond acceptors (Lipinski definition) is 5. The molecule has 1 aromatic rings. The van der Waals surface area contributed by atoms with Crippen molar-refractivity contribution in [3.05, 3.63) is 5.69 Å². The molecule has 0 saturated carbocycles. The summed E-state index contributed by atoms with van der Waals surface area (Å²) in [6.07, 6.45) is 1.07. The molecule has 3 N–H and O–H groups in total. The largest absolute Gasteiger partial charge is 0.394 e. The molecular formula is C12H22N4S2. The number of nitrogen functional groups attached to an aromatic ring is 1. The van der Waals surface area contributed by atoms with Crippen LogP contribution in [0.4, 0.5) is 11.5 Å². The van der Waals surface area contributed by atoms with Gasteiger partial charge in [-0.1, -0.05) is 6.92 Å². The van der Waals surface area contributed by atoms with Gasteiger partial charge in [0.25, 0.3) is 0 Å². The minimum absolute atomic E-state index is 0.688. The van der Waals surface area contributed by atoms with E-state index in [-0.39, 0.29) is 0 Å². The molecule has 2 heterocycles. The highest BCUT2D eigenvalue weighted by atomic mass is 32.2. The highest BCUT2D eigenvalue weighted by molar-refractivity contribution is 8.06. The number of anilines is 2. The number of thioether (sulfide) groups is 2. The van der Waals surface area contributed by atoms with Crippen LogP contribution in [-0.2, 0) is 6.54 Å². The Kier molecular flexibility index (Phi) is 5.12. The molecular weight excluding hydrogens is 264 g/mol. The van der Waals surface area contributed by atoms with Crippen LogP contribution in [0.1, 0.15) is 19.0 Å². The van der Waals surface area contributed by atoms with Crippen molar-refractivity contribution in [2.75, 3.05) is 34.9 Å². The Morgan fingerprint density at radius 1 is 1.50 bits per heavy atom. The van der Waals surface area contributed by atoms with Crippen molar-refractivity contribution in [1.82, 2.24) is 9.78 Å². The van der Waals surface area contributed by atoms with Crippen LogP contribution < -0.4 is 11.1 Å². The molecule has 1 unspecified atom stereocenters. The zero-order valence-electron chi connectivity index (χ0n) is 11.1. The summed E-state index contributed by atoms with van der Waals surface area (Å²) in [6.45, 7) is 6.03. The summed E-state index contributed by atoms with van der Waals surface area (Å²) in [5.74, 6) is 4.79. The minimum Gasteiger partial charge on any atom is -0.394 e.